The van der Waals surface area contributed by atoms with Crippen molar-refractivity contribution in [2.24, 2.45) is 11.7 Å². The Morgan fingerprint density at radius 1 is 1.00 bits per heavy atom. The Morgan fingerprint density at radius 3 is 2.36 bits per heavy atom. The molecule has 28 heavy (non-hydrogen) atoms. The fourth-order valence-electron chi connectivity index (χ4n) is 3.78. The highest BCUT2D eigenvalue weighted by Crippen LogP contribution is 2.35. The number of benzene rings is 2. The minimum absolute atomic E-state index is 0.453. The predicted molar refractivity (Wildman–Crippen MR) is 117 cm³/mol. The number of amides is 1. The molecule has 0 saturated heterocycles. The molecule has 1 aromatic heterocycles. The first-order valence-electron chi connectivity index (χ1n) is 9.82. The third-order valence-electron chi connectivity index (χ3n) is 5.43. The second kappa shape index (κ2) is 9.61. The van der Waals surface area contributed by atoms with Crippen molar-refractivity contribution in [3.8, 4) is 11.1 Å². The Bertz CT molecular complexity index is 896. The standard InChI is InChI=1S/C13H18.C11H9ClN2O/c1-11-7-9-13(10-8-11)12-5-3-2-4-6-12;12-8-3-1-2-7(4-8)9-5-14-6-10(9)11(13)15/h2-6,11,13H,7-10H2,1H3;1-6,14H,(H2,13,15). The maximum atomic E-state index is 11.1. The summed E-state index contributed by atoms with van der Waals surface area (Å²) in [5.74, 6) is 1.35. The molecule has 1 heterocycles. The number of H-pyrrole nitrogens is 1. The van der Waals surface area contributed by atoms with Crippen LogP contribution in [-0.2, 0) is 0 Å². The molecule has 4 rings (SSSR count). The number of nitrogens with two attached hydrogens (primary N) is 1. The van der Waals surface area contributed by atoms with Gasteiger partial charge in [0.1, 0.15) is 0 Å². The summed E-state index contributed by atoms with van der Waals surface area (Å²) in [5, 5.41) is 0.629. The van der Waals surface area contributed by atoms with Gasteiger partial charge in [0.15, 0.2) is 0 Å². The molecule has 1 aliphatic rings. The molecule has 1 fully saturated rings. The highest BCUT2D eigenvalue weighted by Gasteiger charge is 2.18. The van der Waals surface area contributed by atoms with Crippen LogP contribution in [0, 0.1) is 5.92 Å². The third kappa shape index (κ3) is 5.26. The molecule has 0 unspecified atom stereocenters. The van der Waals surface area contributed by atoms with Gasteiger partial charge in [-0.15, -0.1) is 0 Å². The molecular formula is C24H27ClN2O. The summed E-state index contributed by atoms with van der Waals surface area (Å²) in [7, 11) is 0. The van der Waals surface area contributed by atoms with Crippen LogP contribution in [0.4, 0.5) is 0 Å². The number of hydrogen-bond acceptors (Lipinski definition) is 1. The maximum absolute atomic E-state index is 11.1. The molecule has 1 aliphatic carbocycles. The van der Waals surface area contributed by atoms with E-state index in [0.29, 0.717) is 10.6 Å². The summed E-state index contributed by atoms with van der Waals surface area (Å²) in [6, 6.07) is 18.3. The predicted octanol–water partition coefficient (Wildman–Crippen LogP) is 6.41. The van der Waals surface area contributed by atoms with Crippen molar-refractivity contribution in [3.63, 3.8) is 0 Å². The van der Waals surface area contributed by atoms with Crippen LogP contribution in [0.1, 0.15) is 54.4 Å². The first-order chi connectivity index (χ1) is 13.5. The van der Waals surface area contributed by atoms with Gasteiger partial charge in [0.05, 0.1) is 5.56 Å². The van der Waals surface area contributed by atoms with E-state index in [4.69, 9.17) is 17.3 Å². The molecule has 0 spiro atoms. The summed E-state index contributed by atoms with van der Waals surface area (Å²) in [6.45, 7) is 2.38. The molecule has 0 bridgehead atoms. The van der Waals surface area contributed by atoms with Gasteiger partial charge in [-0.2, -0.15) is 0 Å². The number of hydrogen-bond donors (Lipinski definition) is 2. The Labute approximate surface area is 171 Å². The lowest BCUT2D eigenvalue weighted by atomic mass is 9.79. The van der Waals surface area contributed by atoms with Gasteiger partial charge in [0.2, 0.25) is 0 Å². The average molecular weight is 395 g/mol. The summed E-state index contributed by atoms with van der Waals surface area (Å²) in [6.07, 6.45) is 8.93. The van der Waals surface area contributed by atoms with E-state index in [2.05, 4.69) is 42.2 Å². The number of halogens is 1. The molecule has 3 aromatic rings. The lowest BCUT2D eigenvalue weighted by Gasteiger charge is -2.26. The first kappa shape index (κ1) is 20.2. The van der Waals surface area contributed by atoms with Gasteiger partial charge in [-0.1, -0.05) is 73.8 Å². The molecular weight excluding hydrogens is 368 g/mol. The zero-order valence-corrected chi connectivity index (χ0v) is 17.0. The van der Waals surface area contributed by atoms with Gasteiger partial charge < -0.3 is 10.7 Å². The van der Waals surface area contributed by atoms with Gasteiger partial charge in [-0.25, -0.2) is 0 Å². The van der Waals surface area contributed by atoms with E-state index < -0.39 is 5.91 Å². The Kier molecular flexibility index (Phi) is 6.94. The maximum Gasteiger partial charge on any atom is 0.250 e. The molecule has 1 saturated carbocycles. The van der Waals surface area contributed by atoms with Gasteiger partial charge in [-0.3, -0.25) is 4.79 Å². The Morgan fingerprint density at radius 2 is 1.71 bits per heavy atom. The highest BCUT2D eigenvalue weighted by molar-refractivity contribution is 6.30. The number of aromatic amines is 1. The number of nitrogens with one attached hydrogen (secondary N) is 1. The van der Waals surface area contributed by atoms with E-state index in [-0.39, 0.29) is 0 Å². The van der Waals surface area contributed by atoms with E-state index in [9.17, 15) is 4.79 Å². The molecule has 4 heteroatoms. The average Bonchev–Trinajstić information content (AvgIpc) is 3.20. The summed E-state index contributed by atoms with van der Waals surface area (Å²) in [4.78, 5) is 14.0. The number of rotatable bonds is 3. The molecule has 0 radical (unpaired) electrons. The van der Waals surface area contributed by atoms with Gasteiger partial charge in [0.25, 0.3) is 5.91 Å². The second-order valence-corrected chi connectivity index (χ2v) is 7.96. The van der Waals surface area contributed by atoms with Crippen LogP contribution < -0.4 is 5.73 Å². The number of carbonyl (C=O) groups is 1. The highest BCUT2D eigenvalue weighted by atomic mass is 35.5. The van der Waals surface area contributed by atoms with Crippen LogP contribution in [0.5, 0.6) is 0 Å². The van der Waals surface area contributed by atoms with Crippen molar-refractivity contribution in [2.75, 3.05) is 0 Å². The summed E-state index contributed by atoms with van der Waals surface area (Å²) < 4.78 is 0. The fraction of sp³-hybridized carbons (Fsp3) is 0.292. The number of primary amides is 1. The smallest absolute Gasteiger partial charge is 0.250 e. The first-order valence-corrected chi connectivity index (χ1v) is 10.2. The number of aromatic nitrogens is 1. The second-order valence-electron chi connectivity index (χ2n) is 7.52. The summed E-state index contributed by atoms with van der Waals surface area (Å²) in [5.41, 5.74) is 8.90. The fourth-order valence-corrected chi connectivity index (χ4v) is 3.97. The summed E-state index contributed by atoms with van der Waals surface area (Å²) >= 11 is 5.87. The van der Waals surface area contributed by atoms with Crippen molar-refractivity contribution in [1.29, 1.82) is 0 Å². The van der Waals surface area contributed by atoms with Crippen molar-refractivity contribution >= 4 is 17.5 Å². The Balaban J connectivity index is 0.000000162. The van der Waals surface area contributed by atoms with Crippen molar-refractivity contribution in [1.82, 2.24) is 4.98 Å². The van der Waals surface area contributed by atoms with Crippen molar-refractivity contribution in [3.05, 3.63) is 83.1 Å². The van der Waals surface area contributed by atoms with Gasteiger partial charge in [-0.05, 0) is 47.9 Å². The lowest BCUT2D eigenvalue weighted by molar-refractivity contribution is 0.100. The van der Waals surface area contributed by atoms with Crippen LogP contribution in [0.3, 0.4) is 0 Å². The van der Waals surface area contributed by atoms with Crippen molar-refractivity contribution < 1.29 is 4.79 Å². The van der Waals surface area contributed by atoms with Crippen LogP contribution in [0.2, 0.25) is 5.02 Å². The zero-order chi connectivity index (χ0) is 19.9. The van der Waals surface area contributed by atoms with E-state index in [1.807, 2.05) is 12.1 Å². The topological polar surface area (TPSA) is 58.9 Å². The molecule has 3 nitrogen and oxygen atoms in total. The van der Waals surface area contributed by atoms with Crippen LogP contribution >= 0.6 is 11.6 Å². The van der Waals surface area contributed by atoms with Crippen LogP contribution in [0.15, 0.2) is 67.0 Å². The van der Waals surface area contributed by atoms with Crippen LogP contribution in [0.25, 0.3) is 11.1 Å². The lowest BCUT2D eigenvalue weighted by Crippen LogP contribution is -2.10. The molecule has 3 N–H and O–H groups in total. The SMILES string of the molecule is CC1CCC(c2ccccc2)CC1.NC(=O)c1c[nH]cc1-c1cccc(Cl)c1. The normalized spacial score (nSPS) is 18.8. The minimum Gasteiger partial charge on any atom is -0.366 e. The van der Waals surface area contributed by atoms with E-state index in [1.54, 1.807) is 30.1 Å². The number of carbonyl (C=O) groups excluding carboxylic acids is 1. The van der Waals surface area contributed by atoms with E-state index in [0.717, 1.165) is 23.0 Å². The Hall–Kier alpha value is -2.52. The quantitative estimate of drug-likeness (QED) is 0.529. The van der Waals surface area contributed by atoms with Gasteiger partial charge in [0, 0.05) is 23.0 Å². The van der Waals surface area contributed by atoms with E-state index in [1.165, 1.54) is 25.7 Å². The monoisotopic (exact) mass is 394 g/mol. The van der Waals surface area contributed by atoms with Crippen LogP contribution in [-0.4, -0.2) is 10.9 Å². The largest absolute Gasteiger partial charge is 0.366 e. The molecule has 0 atom stereocenters. The molecule has 1 amide bonds. The molecule has 2 aromatic carbocycles. The minimum atomic E-state index is -0.453. The molecule has 146 valence electrons. The third-order valence-corrected chi connectivity index (χ3v) is 5.67. The van der Waals surface area contributed by atoms with Crippen molar-refractivity contribution in [2.45, 2.75) is 38.5 Å². The molecule has 0 aliphatic heterocycles. The van der Waals surface area contributed by atoms with Gasteiger partial charge >= 0.3 is 0 Å². The zero-order valence-electron chi connectivity index (χ0n) is 16.2. The van der Waals surface area contributed by atoms with E-state index >= 15 is 0 Å².